The van der Waals surface area contributed by atoms with E-state index in [9.17, 15) is 9.00 Å². The van der Waals surface area contributed by atoms with Crippen molar-refractivity contribution < 1.29 is 18.8 Å². The van der Waals surface area contributed by atoms with E-state index < -0.39 is 17.0 Å². The summed E-state index contributed by atoms with van der Waals surface area (Å²) in [6.07, 6.45) is 0. The summed E-state index contributed by atoms with van der Waals surface area (Å²) in [6, 6.07) is 8.48. The molecule has 1 heterocycles. The number of aromatic carboxylic acids is 1. The van der Waals surface area contributed by atoms with Gasteiger partial charge in [0.05, 0.1) is 11.3 Å². The zero-order valence-corrected chi connectivity index (χ0v) is 21.6. The Balaban J connectivity index is 1.98. The average molecular weight is 507 g/mol. The summed E-state index contributed by atoms with van der Waals surface area (Å²) in [5, 5.41) is 11.4. The van der Waals surface area contributed by atoms with E-state index in [1.807, 2.05) is 42.6 Å². The lowest BCUT2D eigenvalue weighted by atomic mass is 10.1. The molecule has 0 saturated carbocycles. The van der Waals surface area contributed by atoms with Crippen LogP contribution in [-0.2, 0) is 17.6 Å². The number of hydrogen-bond donors (Lipinski definition) is 1. The fourth-order valence-corrected chi connectivity index (χ4v) is 5.80. The van der Waals surface area contributed by atoms with Crippen LogP contribution >= 0.6 is 22.9 Å². The monoisotopic (exact) mass is 506 g/mol. The number of carboxylic acid groups (broad SMARTS) is 1. The number of anilines is 1. The summed E-state index contributed by atoms with van der Waals surface area (Å²) < 4.78 is 22.1. The molecule has 0 aliphatic carbocycles. The topological polar surface area (TPSA) is 79.7 Å². The smallest absolute Gasteiger partial charge is 0.335 e. The SMILES string of the molecule is Cc1csc(S(=O)N(CC(C)C)c2cc(C)c(C)cc2OCc2ccc(C(=O)O)cc2Cl)n1. The van der Waals surface area contributed by atoms with Gasteiger partial charge in [-0.15, -0.1) is 11.3 Å². The molecule has 9 heteroatoms. The van der Waals surface area contributed by atoms with Gasteiger partial charge in [-0.25, -0.2) is 14.0 Å². The minimum atomic E-state index is -1.49. The van der Waals surface area contributed by atoms with Crippen molar-refractivity contribution in [1.82, 2.24) is 4.98 Å². The fraction of sp³-hybridized carbons (Fsp3) is 0.333. The quantitative estimate of drug-likeness (QED) is 0.374. The lowest BCUT2D eigenvalue weighted by molar-refractivity contribution is 0.0697. The van der Waals surface area contributed by atoms with Gasteiger partial charge in [0.15, 0.2) is 11.0 Å². The van der Waals surface area contributed by atoms with Gasteiger partial charge in [0.25, 0.3) is 0 Å². The van der Waals surface area contributed by atoms with Gasteiger partial charge in [-0.05, 0) is 62.1 Å². The third-order valence-electron chi connectivity index (χ3n) is 5.01. The Morgan fingerprint density at radius 3 is 2.48 bits per heavy atom. The first kappa shape index (κ1) is 25.2. The Kier molecular flexibility index (Phi) is 8.15. The minimum absolute atomic E-state index is 0.118. The molecule has 0 aliphatic rings. The zero-order valence-electron chi connectivity index (χ0n) is 19.2. The largest absolute Gasteiger partial charge is 0.487 e. The third-order valence-corrected chi connectivity index (χ3v) is 7.96. The summed E-state index contributed by atoms with van der Waals surface area (Å²) in [6.45, 7) is 10.7. The van der Waals surface area contributed by atoms with Crippen LogP contribution in [0.2, 0.25) is 5.02 Å². The first-order valence-electron chi connectivity index (χ1n) is 10.4. The van der Waals surface area contributed by atoms with Crippen LogP contribution in [0.3, 0.4) is 0 Å². The molecule has 1 N–H and O–H groups in total. The maximum Gasteiger partial charge on any atom is 0.335 e. The van der Waals surface area contributed by atoms with Gasteiger partial charge in [0, 0.05) is 28.2 Å². The zero-order chi connectivity index (χ0) is 24.3. The number of carboxylic acids is 1. The third kappa shape index (κ3) is 6.13. The molecule has 2 aromatic carbocycles. The first-order chi connectivity index (χ1) is 15.6. The molecule has 176 valence electrons. The van der Waals surface area contributed by atoms with E-state index in [0.29, 0.717) is 27.2 Å². The molecule has 0 aliphatic heterocycles. The van der Waals surface area contributed by atoms with E-state index in [1.165, 1.54) is 23.5 Å². The molecule has 0 bridgehead atoms. The van der Waals surface area contributed by atoms with Crippen LogP contribution in [0, 0.1) is 26.7 Å². The van der Waals surface area contributed by atoms with E-state index >= 15 is 0 Å². The molecule has 0 amide bonds. The Bertz CT molecular complexity index is 1190. The van der Waals surface area contributed by atoms with Crippen molar-refractivity contribution in [3.63, 3.8) is 0 Å². The highest BCUT2D eigenvalue weighted by Gasteiger charge is 2.24. The molecule has 33 heavy (non-hydrogen) atoms. The normalized spacial score (nSPS) is 12.1. The summed E-state index contributed by atoms with van der Waals surface area (Å²) in [4.78, 5) is 15.6. The van der Waals surface area contributed by atoms with Crippen LogP contribution in [0.1, 0.15) is 46.6 Å². The van der Waals surface area contributed by atoms with E-state index in [4.69, 9.17) is 21.4 Å². The second-order valence-electron chi connectivity index (χ2n) is 8.26. The summed E-state index contributed by atoms with van der Waals surface area (Å²) in [5.74, 6) is -0.203. The fourth-order valence-electron chi connectivity index (χ4n) is 3.13. The number of ether oxygens (including phenoxy) is 1. The molecule has 6 nitrogen and oxygen atoms in total. The summed E-state index contributed by atoms with van der Waals surface area (Å²) in [7, 11) is -1.49. The highest BCUT2D eigenvalue weighted by Crippen LogP contribution is 2.36. The van der Waals surface area contributed by atoms with Gasteiger partial charge < -0.3 is 9.84 Å². The number of halogens is 1. The molecule has 0 spiro atoms. The van der Waals surface area contributed by atoms with Gasteiger partial charge in [-0.1, -0.05) is 31.5 Å². The molecule has 1 aromatic heterocycles. The number of hydrogen-bond acceptors (Lipinski definition) is 5. The van der Waals surface area contributed by atoms with Crippen molar-refractivity contribution in [2.45, 2.75) is 45.6 Å². The number of rotatable bonds is 9. The van der Waals surface area contributed by atoms with Gasteiger partial charge in [0.1, 0.15) is 12.4 Å². The van der Waals surface area contributed by atoms with Crippen LogP contribution in [0.25, 0.3) is 0 Å². The molecule has 1 atom stereocenters. The molecule has 3 rings (SSSR count). The van der Waals surface area contributed by atoms with Gasteiger partial charge in [0.2, 0.25) is 4.34 Å². The number of thiazole rings is 1. The number of nitrogens with zero attached hydrogens (tertiary/aromatic N) is 2. The van der Waals surface area contributed by atoms with Gasteiger partial charge in [-0.3, -0.25) is 4.31 Å². The van der Waals surface area contributed by atoms with Crippen molar-refractivity contribution in [2.24, 2.45) is 5.92 Å². The van der Waals surface area contributed by atoms with Gasteiger partial charge >= 0.3 is 5.97 Å². The van der Waals surface area contributed by atoms with E-state index in [0.717, 1.165) is 22.5 Å². The van der Waals surface area contributed by atoms with Crippen LogP contribution in [0.4, 0.5) is 5.69 Å². The number of carbonyl (C=O) groups is 1. The Morgan fingerprint density at radius 1 is 1.21 bits per heavy atom. The predicted molar refractivity (Wildman–Crippen MR) is 134 cm³/mol. The second kappa shape index (κ2) is 10.7. The number of aromatic nitrogens is 1. The summed E-state index contributed by atoms with van der Waals surface area (Å²) >= 11 is 7.67. The van der Waals surface area contributed by atoms with Crippen molar-refractivity contribution in [2.75, 3.05) is 10.8 Å². The van der Waals surface area contributed by atoms with Crippen molar-refractivity contribution in [3.8, 4) is 5.75 Å². The lowest BCUT2D eigenvalue weighted by Crippen LogP contribution is -2.30. The van der Waals surface area contributed by atoms with Crippen LogP contribution in [-0.4, -0.2) is 26.8 Å². The Morgan fingerprint density at radius 2 is 1.91 bits per heavy atom. The van der Waals surface area contributed by atoms with E-state index in [-0.39, 0.29) is 18.1 Å². The second-order valence-corrected chi connectivity index (χ2v) is 11.1. The molecular weight excluding hydrogens is 480 g/mol. The molecule has 3 aromatic rings. The predicted octanol–water partition coefficient (Wildman–Crippen LogP) is 6.18. The Labute approximate surface area is 205 Å². The van der Waals surface area contributed by atoms with E-state index in [1.54, 1.807) is 6.07 Å². The lowest BCUT2D eigenvalue weighted by Gasteiger charge is -2.27. The number of benzene rings is 2. The van der Waals surface area contributed by atoms with Gasteiger partial charge in [-0.2, -0.15) is 0 Å². The first-order valence-corrected chi connectivity index (χ1v) is 12.8. The molecule has 1 unspecified atom stereocenters. The number of aryl methyl sites for hydroxylation is 3. The highest BCUT2D eigenvalue weighted by atomic mass is 35.5. The molecule has 0 radical (unpaired) electrons. The maximum absolute atomic E-state index is 13.5. The highest BCUT2D eigenvalue weighted by molar-refractivity contribution is 7.88. The molecule has 0 saturated heterocycles. The maximum atomic E-state index is 13.5. The van der Waals surface area contributed by atoms with Crippen LogP contribution in [0.5, 0.6) is 5.75 Å². The minimum Gasteiger partial charge on any atom is -0.487 e. The standard InChI is InChI=1S/C24H27ClN2O4S2/c1-14(2)11-27(33(30)24-26-17(5)13-32-24)21-8-15(3)16(4)9-22(21)31-12-19-7-6-18(23(28)29)10-20(19)25/h6-10,13-14H,11-12H2,1-5H3,(H,28,29). The van der Waals surface area contributed by atoms with Crippen molar-refractivity contribution in [3.05, 3.63) is 68.7 Å². The van der Waals surface area contributed by atoms with Crippen molar-refractivity contribution in [1.29, 1.82) is 0 Å². The van der Waals surface area contributed by atoms with Crippen molar-refractivity contribution >= 4 is 45.6 Å². The average Bonchev–Trinajstić information content (AvgIpc) is 3.19. The Hall–Kier alpha value is -2.42. The van der Waals surface area contributed by atoms with Crippen LogP contribution < -0.4 is 9.04 Å². The summed E-state index contributed by atoms with van der Waals surface area (Å²) in [5.41, 5.74) is 4.44. The molecule has 0 fully saturated rings. The van der Waals surface area contributed by atoms with E-state index in [2.05, 4.69) is 18.8 Å². The van der Waals surface area contributed by atoms with Crippen LogP contribution in [0.15, 0.2) is 40.1 Å². The molecular formula is C24H27ClN2O4S2.